The first-order chi connectivity index (χ1) is 9.97. The molecule has 0 bridgehead atoms. The van der Waals surface area contributed by atoms with E-state index in [1.54, 1.807) is 0 Å². The maximum atomic E-state index is 12.2. The predicted octanol–water partition coefficient (Wildman–Crippen LogP) is 5.07. The third kappa shape index (κ3) is 3.85. The van der Waals surface area contributed by atoms with Gasteiger partial charge in [-0.1, -0.05) is 44.2 Å². The molecule has 0 fully saturated rings. The Morgan fingerprint density at radius 2 is 1.71 bits per heavy atom. The highest BCUT2D eigenvalue weighted by Gasteiger charge is 2.11. The van der Waals surface area contributed by atoms with Crippen LogP contribution in [0.3, 0.4) is 0 Å². The van der Waals surface area contributed by atoms with Crippen molar-refractivity contribution in [2.75, 3.05) is 10.6 Å². The number of benzene rings is 2. The van der Waals surface area contributed by atoms with Gasteiger partial charge in [-0.2, -0.15) is 0 Å². The van der Waals surface area contributed by atoms with Gasteiger partial charge in [0.2, 0.25) is 0 Å². The van der Waals surface area contributed by atoms with Gasteiger partial charge in [0.1, 0.15) is 0 Å². The zero-order valence-corrected chi connectivity index (χ0v) is 13.0. The average molecular weight is 282 g/mol. The average Bonchev–Trinajstić information content (AvgIpc) is 2.40. The van der Waals surface area contributed by atoms with Crippen LogP contribution in [0.1, 0.15) is 36.5 Å². The standard InChI is InChI=1S/C18H22N2O/c1-12(2)16-10-6-8-14(4)17(16)20-18(21)19-15-9-5-7-13(3)11-15/h5-12H,1-4H3,(H2,19,20,21). The zero-order chi connectivity index (χ0) is 15.4. The summed E-state index contributed by atoms with van der Waals surface area (Å²) in [6.07, 6.45) is 0. The lowest BCUT2D eigenvalue weighted by Crippen LogP contribution is -2.21. The minimum atomic E-state index is -0.211. The molecule has 0 unspecified atom stereocenters. The molecule has 3 nitrogen and oxygen atoms in total. The molecule has 2 N–H and O–H groups in total. The van der Waals surface area contributed by atoms with Crippen LogP contribution < -0.4 is 10.6 Å². The molecule has 0 aromatic heterocycles. The highest BCUT2D eigenvalue weighted by Crippen LogP contribution is 2.27. The highest BCUT2D eigenvalue weighted by molar-refractivity contribution is 6.00. The molecule has 21 heavy (non-hydrogen) atoms. The van der Waals surface area contributed by atoms with Crippen LogP contribution in [0, 0.1) is 13.8 Å². The van der Waals surface area contributed by atoms with E-state index in [1.807, 2.05) is 50.2 Å². The molecule has 0 spiro atoms. The van der Waals surface area contributed by atoms with E-state index >= 15 is 0 Å². The number of hydrogen-bond donors (Lipinski definition) is 2. The van der Waals surface area contributed by atoms with Crippen LogP contribution in [0.25, 0.3) is 0 Å². The summed E-state index contributed by atoms with van der Waals surface area (Å²) in [6.45, 7) is 8.26. The molecular weight excluding hydrogens is 260 g/mol. The van der Waals surface area contributed by atoms with Crippen LogP contribution in [-0.4, -0.2) is 6.03 Å². The first-order valence-corrected chi connectivity index (χ1v) is 7.21. The van der Waals surface area contributed by atoms with E-state index in [1.165, 1.54) is 0 Å². The molecular formula is C18H22N2O. The van der Waals surface area contributed by atoms with Gasteiger partial charge in [-0.15, -0.1) is 0 Å². The van der Waals surface area contributed by atoms with Crippen molar-refractivity contribution in [2.45, 2.75) is 33.6 Å². The molecule has 2 aromatic rings. The van der Waals surface area contributed by atoms with E-state index in [0.29, 0.717) is 5.92 Å². The fraction of sp³-hybridized carbons (Fsp3) is 0.278. The second kappa shape index (κ2) is 6.44. The number of para-hydroxylation sites is 1. The fourth-order valence-corrected chi connectivity index (χ4v) is 2.34. The van der Waals surface area contributed by atoms with E-state index in [0.717, 1.165) is 28.1 Å². The molecule has 0 saturated carbocycles. The van der Waals surface area contributed by atoms with E-state index in [-0.39, 0.29) is 6.03 Å². The molecule has 2 aromatic carbocycles. The van der Waals surface area contributed by atoms with Gasteiger partial charge in [0.05, 0.1) is 0 Å². The van der Waals surface area contributed by atoms with E-state index in [4.69, 9.17) is 0 Å². The Balaban J connectivity index is 2.17. The lowest BCUT2D eigenvalue weighted by atomic mass is 9.98. The molecule has 2 rings (SSSR count). The molecule has 3 heteroatoms. The van der Waals surface area contributed by atoms with Gasteiger partial charge in [-0.3, -0.25) is 0 Å². The summed E-state index contributed by atoms with van der Waals surface area (Å²) in [5, 5.41) is 5.85. The van der Waals surface area contributed by atoms with Gasteiger partial charge in [-0.05, 0) is 48.6 Å². The molecule has 0 aliphatic heterocycles. The van der Waals surface area contributed by atoms with Crippen LogP contribution in [0.2, 0.25) is 0 Å². The number of nitrogens with one attached hydrogen (secondary N) is 2. The normalized spacial score (nSPS) is 10.5. The first kappa shape index (κ1) is 15.1. The summed E-state index contributed by atoms with van der Waals surface area (Å²) in [7, 11) is 0. The van der Waals surface area contributed by atoms with E-state index < -0.39 is 0 Å². The van der Waals surface area contributed by atoms with Gasteiger partial charge in [0.15, 0.2) is 0 Å². The minimum absolute atomic E-state index is 0.211. The number of aryl methyl sites for hydroxylation is 2. The van der Waals surface area contributed by atoms with Crippen LogP contribution in [0.4, 0.5) is 16.2 Å². The molecule has 0 radical (unpaired) electrons. The topological polar surface area (TPSA) is 41.1 Å². The Kier molecular flexibility index (Phi) is 4.63. The Morgan fingerprint density at radius 1 is 1.00 bits per heavy atom. The van der Waals surface area contributed by atoms with Crippen LogP contribution in [0.5, 0.6) is 0 Å². The SMILES string of the molecule is Cc1cccc(NC(=O)Nc2c(C)cccc2C(C)C)c1. The van der Waals surface area contributed by atoms with E-state index in [2.05, 4.69) is 30.5 Å². The molecule has 2 amide bonds. The zero-order valence-electron chi connectivity index (χ0n) is 13.0. The number of hydrogen-bond acceptors (Lipinski definition) is 1. The second-order valence-corrected chi connectivity index (χ2v) is 5.64. The smallest absolute Gasteiger partial charge is 0.308 e. The Hall–Kier alpha value is -2.29. The molecule has 0 heterocycles. The van der Waals surface area contributed by atoms with Gasteiger partial charge in [0, 0.05) is 11.4 Å². The number of rotatable bonds is 3. The van der Waals surface area contributed by atoms with Crippen molar-refractivity contribution < 1.29 is 4.79 Å². The van der Waals surface area contributed by atoms with Gasteiger partial charge < -0.3 is 10.6 Å². The Morgan fingerprint density at radius 3 is 2.38 bits per heavy atom. The third-order valence-corrected chi connectivity index (χ3v) is 3.44. The number of anilines is 2. The summed E-state index contributed by atoms with van der Waals surface area (Å²) >= 11 is 0. The van der Waals surface area contributed by atoms with Crippen molar-refractivity contribution in [3.05, 3.63) is 59.2 Å². The first-order valence-electron chi connectivity index (χ1n) is 7.21. The molecule has 0 atom stereocenters. The van der Waals surface area contributed by atoms with Crippen LogP contribution in [0.15, 0.2) is 42.5 Å². The maximum Gasteiger partial charge on any atom is 0.323 e. The summed E-state index contributed by atoms with van der Waals surface area (Å²) in [5.41, 5.74) is 5.03. The van der Waals surface area contributed by atoms with Crippen molar-refractivity contribution in [3.63, 3.8) is 0 Å². The second-order valence-electron chi connectivity index (χ2n) is 5.64. The van der Waals surface area contributed by atoms with E-state index in [9.17, 15) is 4.79 Å². The highest BCUT2D eigenvalue weighted by atomic mass is 16.2. The number of urea groups is 1. The van der Waals surface area contributed by atoms with Crippen molar-refractivity contribution in [2.24, 2.45) is 0 Å². The predicted molar refractivity (Wildman–Crippen MR) is 89.1 cm³/mol. The number of amides is 2. The van der Waals surface area contributed by atoms with Crippen molar-refractivity contribution in [3.8, 4) is 0 Å². The van der Waals surface area contributed by atoms with Crippen LogP contribution in [-0.2, 0) is 0 Å². The lowest BCUT2D eigenvalue weighted by molar-refractivity contribution is 0.262. The number of carbonyl (C=O) groups is 1. The van der Waals surface area contributed by atoms with Crippen molar-refractivity contribution in [1.82, 2.24) is 0 Å². The monoisotopic (exact) mass is 282 g/mol. The number of carbonyl (C=O) groups excluding carboxylic acids is 1. The van der Waals surface area contributed by atoms with Gasteiger partial charge in [-0.25, -0.2) is 4.79 Å². The summed E-state index contributed by atoms with van der Waals surface area (Å²) < 4.78 is 0. The van der Waals surface area contributed by atoms with Gasteiger partial charge >= 0.3 is 6.03 Å². The molecule has 0 aliphatic rings. The summed E-state index contributed by atoms with van der Waals surface area (Å²) in [6, 6.07) is 13.6. The molecule has 0 aliphatic carbocycles. The summed E-state index contributed by atoms with van der Waals surface area (Å²) in [4.78, 5) is 12.2. The largest absolute Gasteiger partial charge is 0.323 e. The molecule has 110 valence electrons. The lowest BCUT2D eigenvalue weighted by Gasteiger charge is -2.17. The van der Waals surface area contributed by atoms with Crippen molar-refractivity contribution in [1.29, 1.82) is 0 Å². The Bertz CT molecular complexity index is 647. The minimum Gasteiger partial charge on any atom is -0.308 e. The van der Waals surface area contributed by atoms with Gasteiger partial charge in [0.25, 0.3) is 0 Å². The molecule has 0 saturated heterocycles. The fourth-order valence-electron chi connectivity index (χ4n) is 2.34. The van der Waals surface area contributed by atoms with Crippen molar-refractivity contribution >= 4 is 17.4 Å². The summed E-state index contributed by atoms with van der Waals surface area (Å²) in [5.74, 6) is 0.360. The maximum absolute atomic E-state index is 12.2. The third-order valence-electron chi connectivity index (χ3n) is 3.44. The quantitative estimate of drug-likeness (QED) is 0.810. The van der Waals surface area contributed by atoms with Crippen LogP contribution >= 0.6 is 0 Å². The Labute approximate surface area is 126 Å².